The molecule has 0 saturated heterocycles. The monoisotopic (exact) mass is 154 g/mol. The Kier molecular flexibility index (Phi) is 5.01. The number of hydrogen-bond acceptors (Lipinski definition) is 1. The Balaban J connectivity index is 3.72. The van der Waals surface area contributed by atoms with Gasteiger partial charge < -0.3 is 10.2 Å². The van der Waals surface area contributed by atoms with E-state index in [1.165, 1.54) is 0 Å². The van der Waals surface area contributed by atoms with Crippen LogP contribution in [0.2, 0.25) is 0 Å². The van der Waals surface area contributed by atoms with E-state index < -0.39 is 0 Å². The van der Waals surface area contributed by atoms with Crippen molar-refractivity contribution in [2.75, 3.05) is 19.6 Å². The molecule has 0 fully saturated rings. The highest BCUT2D eigenvalue weighted by molar-refractivity contribution is 5.74. The van der Waals surface area contributed by atoms with Crippen LogP contribution in [0.5, 0.6) is 0 Å². The molecule has 0 aromatic heterocycles. The lowest BCUT2D eigenvalue weighted by Gasteiger charge is -2.17. The number of urea groups is 1. The minimum absolute atomic E-state index is 0.0899. The van der Waals surface area contributed by atoms with E-state index in [2.05, 4.69) is 11.2 Å². The average molecular weight is 154 g/mol. The first-order valence-electron chi connectivity index (χ1n) is 3.72. The molecule has 1 N–H and O–H groups in total. The predicted molar refractivity (Wildman–Crippen MR) is 45.2 cm³/mol. The van der Waals surface area contributed by atoms with E-state index in [0.717, 1.165) is 0 Å². The van der Waals surface area contributed by atoms with E-state index >= 15 is 0 Å². The maximum Gasteiger partial charge on any atom is 0.318 e. The second-order valence-corrected chi connectivity index (χ2v) is 2.04. The number of nitrogens with one attached hydrogen (secondary N) is 1. The minimum Gasteiger partial charge on any atom is -0.327 e. The Morgan fingerprint density at radius 2 is 2.09 bits per heavy atom. The van der Waals surface area contributed by atoms with E-state index in [9.17, 15) is 4.79 Å². The first-order valence-corrected chi connectivity index (χ1v) is 3.72. The number of rotatable bonds is 3. The highest BCUT2D eigenvalue weighted by Crippen LogP contribution is 1.86. The molecule has 2 amide bonds. The first kappa shape index (κ1) is 9.83. The van der Waals surface area contributed by atoms with Crippen molar-refractivity contribution in [2.24, 2.45) is 0 Å². The summed E-state index contributed by atoms with van der Waals surface area (Å²) in [5, 5.41) is 2.59. The van der Waals surface area contributed by atoms with Gasteiger partial charge in [0, 0.05) is 13.1 Å². The molecule has 0 heterocycles. The van der Waals surface area contributed by atoms with Crippen molar-refractivity contribution in [1.82, 2.24) is 10.2 Å². The van der Waals surface area contributed by atoms with Gasteiger partial charge in [-0.3, -0.25) is 0 Å². The molecule has 0 aromatic carbocycles. The summed E-state index contributed by atoms with van der Waals surface area (Å²) in [6, 6.07) is -0.0899. The number of amides is 2. The number of nitrogens with zero attached hydrogens (tertiary/aromatic N) is 1. The maximum atomic E-state index is 11.1. The molecule has 0 aliphatic rings. The van der Waals surface area contributed by atoms with Crippen molar-refractivity contribution in [3.8, 4) is 12.3 Å². The van der Waals surface area contributed by atoms with E-state index in [1.54, 1.807) is 4.90 Å². The summed E-state index contributed by atoms with van der Waals surface area (Å²) in [6.45, 7) is 5.59. The Morgan fingerprint density at radius 3 is 2.45 bits per heavy atom. The number of hydrogen-bond donors (Lipinski definition) is 1. The summed E-state index contributed by atoms with van der Waals surface area (Å²) in [4.78, 5) is 12.8. The molecule has 0 saturated carbocycles. The number of carbonyl (C=O) groups is 1. The Labute approximate surface area is 67.8 Å². The molecule has 0 aromatic rings. The van der Waals surface area contributed by atoms with Crippen LogP contribution >= 0.6 is 0 Å². The average Bonchev–Trinajstić information content (AvgIpc) is 2.03. The van der Waals surface area contributed by atoms with Gasteiger partial charge in [-0.25, -0.2) is 4.79 Å². The molecule has 62 valence electrons. The minimum atomic E-state index is -0.0899. The molecule has 3 nitrogen and oxygen atoms in total. The molecule has 11 heavy (non-hydrogen) atoms. The molecular weight excluding hydrogens is 140 g/mol. The third kappa shape index (κ3) is 3.51. The Bertz CT molecular complexity index is 156. The van der Waals surface area contributed by atoms with Crippen molar-refractivity contribution in [3.63, 3.8) is 0 Å². The summed E-state index contributed by atoms with van der Waals surface area (Å²) in [6.07, 6.45) is 4.98. The van der Waals surface area contributed by atoms with E-state index in [-0.39, 0.29) is 6.03 Å². The standard InChI is InChI=1S/C8H14N2O/c1-4-7-9-8(11)10(5-2)6-3/h1H,5-7H2,2-3H3,(H,9,11). The second kappa shape index (κ2) is 5.60. The third-order valence-corrected chi connectivity index (χ3v) is 1.39. The van der Waals surface area contributed by atoms with Crippen molar-refractivity contribution in [3.05, 3.63) is 0 Å². The van der Waals surface area contributed by atoms with Crippen LogP contribution < -0.4 is 5.32 Å². The van der Waals surface area contributed by atoms with Crippen molar-refractivity contribution in [1.29, 1.82) is 0 Å². The van der Waals surface area contributed by atoms with Crippen molar-refractivity contribution < 1.29 is 4.79 Å². The molecule has 0 bridgehead atoms. The smallest absolute Gasteiger partial charge is 0.318 e. The van der Waals surface area contributed by atoms with Gasteiger partial charge in [0.25, 0.3) is 0 Å². The molecule has 3 heteroatoms. The fourth-order valence-corrected chi connectivity index (χ4v) is 0.749. The van der Waals surface area contributed by atoms with Crippen molar-refractivity contribution >= 4 is 6.03 Å². The summed E-state index contributed by atoms with van der Waals surface area (Å²) in [7, 11) is 0. The van der Waals surface area contributed by atoms with Crippen LogP contribution in [0.1, 0.15) is 13.8 Å². The number of carbonyl (C=O) groups excluding carboxylic acids is 1. The Hall–Kier alpha value is -1.17. The maximum absolute atomic E-state index is 11.1. The lowest BCUT2D eigenvalue weighted by molar-refractivity contribution is 0.204. The van der Waals surface area contributed by atoms with Crippen LogP contribution in [0, 0.1) is 12.3 Å². The fraction of sp³-hybridized carbons (Fsp3) is 0.625. The van der Waals surface area contributed by atoms with Gasteiger partial charge in [-0.05, 0) is 13.8 Å². The lowest BCUT2D eigenvalue weighted by Crippen LogP contribution is -2.39. The molecule has 0 spiro atoms. The van der Waals surface area contributed by atoms with E-state index in [1.807, 2.05) is 13.8 Å². The highest BCUT2D eigenvalue weighted by atomic mass is 16.2. The van der Waals surface area contributed by atoms with Gasteiger partial charge in [0.1, 0.15) is 0 Å². The quantitative estimate of drug-likeness (QED) is 0.595. The van der Waals surface area contributed by atoms with Gasteiger partial charge in [-0.2, -0.15) is 0 Å². The van der Waals surface area contributed by atoms with Crippen LogP contribution in [0.4, 0.5) is 4.79 Å². The van der Waals surface area contributed by atoms with Crippen LogP contribution in [-0.4, -0.2) is 30.6 Å². The van der Waals surface area contributed by atoms with Gasteiger partial charge >= 0.3 is 6.03 Å². The van der Waals surface area contributed by atoms with E-state index in [4.69, 9.17) is 6.42 Å². The summed E-state index contributed by atoms with van der Waals surface area (Å²) in [5.41, 5.74) is 0. The molecule has 0 unspecified atom stereocenters. The zero-order valence-corrected chi connectivity index (χ0v) is 7.05. The summed E-state index contributed by atoms with van der Waals surface area (Å²) in [5.74, 6) is 2.34. The lowest BCUT2D eigenvalue weighted by atomic mass is 10.5. The van der Waals surface area contributed by atoms with Gasteiger partial charge in [-0.1, -0.05) is 5.92 Å². The van der Waals surface area contributed by atoms with Gasteiger partial charge in [0.2, 0.25) is 0 Å². The molecule has 0 rings (SSSR count). The van der Waals surface area contributed by atoms with Gasteiger partial charge in [0.05, 0.1) is 6.54 Å². The van der Waals surface area contributed by atoms with Gasteiger partial charge in [0.15, 0.2) is 0 Å². The number of terminal acetylenes is 1. The van der Waals surface area contributed by atoms with Crippen LogP contribution in [0.25, 0.3) is 0 Å². The second-order valence-electron chi connectivity index (χ2n) is 2.04. The molecule has 0 atom stereocenters. The van der Waals surface area contributed by atoms with Crippen LogP contribution in [-0.2, 0) is 0 Å². The molecule has 0 aliphatic carbocycles. The normalized spacial score (nSPS) is 8.45. The SMILES string of the molecule is C#CCNC(=O)N(CC)CC. The third-order valence-electron chi connectivity index (χ3n) is 1.39. The zero-order chi connectivity index (χ0) is 8.69. The van der Waals surface area contributed by atoms with Crippen LogP contribution in [0.15, 0.2) is 0 Å². The highest BCUT2D eigenvalue weighted by Gasteiger charge is 2.05. The topological polar surface area (TPSA) is 32.3 Å². The Morgan fingerprint density at radius 1 is 1.55 bits per heavy atom. The molecule has 0 aliphatic heterocycles. The largest absolute Gasteiger partial charge is 0.327 e. The van der Waals surface area contributed by atoms with Crippen molar-refractivity contribution in [2.45, 2.75) is 13.8 Å². The summed E-state index contributed by atoms with van der Waals surface area (Å²) < 4.78 is 0. The fourth-order valence-electron chi connectivity index (χ4n) is 0.749. The van der Waals surface area contributed by atoms with E-state index in [0.29, 0.717) is 19.6 Å². The molecular formula is C8H14N2O. The molecule has 0 radical (unpaired) electrons. The van der Waals surface area contributed by atoms with Crippen LogP contribution in [0.3, 0.4) is 0 Å². The van der Waals surface area contributed by atoms with Gasteiger partial charge in [-0.15, -0.1) is 6.42 Å². The predicted octanol–water partition coefficient (Wildman–Crippen LogP) is 0.671. The summed E-state index contributed by atoms with van der Waals surface area (Å²) >= 11 is 0. The first-order chi connectivity index (χ1) is 5.26. The zero-order valence-electron chi connectivity index (χ0n) is 7.05.